The highest BCUT2D eigenvalue weighted by Gasteiger charge is 2.26. The van der Waals surface area contributed by atoms with Crippen molar-refractivity contribution in [3.63, 3.8) is 0 Å². The standard InChI is InChI=1S/C16H20BNO3/c1-13(15-5-3-2-4-6-15)18(17(20)21)12-11-14-7-9-16(19)10-8-14/h2-10,13,19-21H,11-12H2,1H3/t13-/m1/s1. The topological polar surface area (TPSA) is 63.9 Å². The van der Waals surface area contributed by atoms with Gasteiger partial charge in [0.1, 0.15) is 5.75 Å². The van der Waals surface area contributed by atoms with Crippen LogP contribution in [0.25, 0.3) is 0 Å². The van der Waals surface area contributed by atoms with Gasteiger partial charge in [-0.3, -0.25) is 4.81 Å². The molecule has 5 heteroatoms. The summed E-state index contributed by atoms with van der Waals surface area (Å²) in [5, 5.41) is 28.5. The summed E-state index contributed by atoms with van der Waals surface area (Å²) in [6.45, 7) is 2.46. The molecule has 0 bridgehead atoms. The van der Waals surface area contributed by atoms with E-state index in [2.05, 4.69) is 0 Å². The maximum atomic E-state index is 9.61. The van der Waals surface area contributed by atoms with Crippen LogP contribution in [0.5, 0.6) is 5.75 Å². The van der Waals surface area contributed by atoms with Crippen molar-refractivity contribution in [2.75, 3.05) is 6.54 Å². The fourth-order valence-electron chi connectivity index (χ4n) is 2.35. The fraction of sp³-hybridized carbons (Fsp3) is 0.250. The summed E-state index contributed by atoms with van der Waals surface area (Å²) in [5.74, 6) is 0.232. The average Bonchev–Trinajstić information content (AvgIpc) is 2.49. The molecule has 1 atom stereocenters. The quantitative estimate of drug-likeness (QED) is 0.710. The van der Waals surface area contributed by atoms with Crippen molar-refractivity contribution in [1.29, 1.82) is 0 Å². The molecule has 0 aromatic heterocycles. The Morgan fingerprint density at radius 3 is 2.19 bits per heavy atom. The molecule has 0 aliphatic heterocycles. The lowest BCUT2D eigenvalue weighted by atomic mass is 9.96. The van der Waals surface area contributed by atoms with E-state index in [4.69, 9.17) is 0 Å². The zero-order chi connectivity index (χ0) is 15.2. The van der Waals surface area contributed by atoms with Gasteiger partial charge in [0, 0.05) is 6.04 Å². The number of rotatable bonds is 6. The van der Waals surface area contributed by atoms with Gasteiger partial charge in [0.25, 0.3) is 0 Å². The van der Waals surface area contributed by atoms with Gasteiger partial charge >= 0.3 is 7.25 Å². The van der Waals surface area contributed by atoms with E-state index < -0.39 is 7.25 Å². The van der Waals surface area contributed by atoms with Gasteiger partial charge in [0.05, 0.1) is 0 Å². The van der Waals surface area contributed by atoms with Crippen LogP contribution in [-0.2, 0) is 6.42 Å². The molecule has 0 spiro atoms. The summed E-state index contributed by atoms with van der Waals surface area (Å²) < 4.78 is 0. The highest BCUT2D eigenvalue weighted by Crippen LogP contribution is 2.20. The van der Waals surface area contributed by atoms with Gasteiger partial charge in [-0.15, -0.1) is 0 Å². The first kappa shape index (κ1) is 15.6. The first-order chi connectivity index (χ1) is 10.1. The highest BCUT2D eigenvalue weighted by atomic mass is 16.4. The largest absolute Gasteiger partial charge is 0.552 e. The summed E-state index contributed by atoms with van der Waals surface area (Å²) in [4.78, 5) is 1.63. The van der Waals surface area contributed by atoms with Crippen LogP contribution in [0.4, 0.5) is 0 Å². The van der Waals surface area contributed by atoms with Crippen molar-refractivity contribution < 1.29 is 15.2 Å². The van der Waals surface area contributed by atoms with E-state index in [-0.39, 0.29) is 11.8 Å². The van der Waals surface area contributed by atoms with Crippen molar-refractivity contribution >= 4 is 7.25 Å². The molecule has 0 saturated heterocycles. The monoisotopic (exact) mass is 285 g/mol. The van der Waals surface area contributed by atoms with Crippen molar-refractivity contribution in [1.82, 2.24) is 4.81 Å². The first-order valence-electron chi connectivity index (χ1n) is 7.02. The summed E-state index contributed by atoms with van der Waals surface area (Å²) in [7, 11) is -1.50. The second-order valence-corrected chi connectivity index (χ2v) is 5.09. The lowest BCUT2D eigenvalue weighted by Gasteiger charge is -2.28. The Morgan fingerprint density at radius 2 is 1.62 bits per heavy atom. The first-order valence-corrected chi connectivity index (χ1v) is 7.02. The second-order valence-electron chi connectivity index (χ2n) is 5.09. The highest BCUT2D eigenvalue weighted by molar-refractivity contribution is 6.37. The molecule has 0 saturated carbocycles. The van der Waals surface area contributed by atoms with E-state index in [0.29, 0.717) is 13.0 Å². The Morgan fingerprint density at radius 1 is 1.00 bits per heavy atom. The van der Waals surface area contributed by atoms with Crippen LogP contribution in [0, 0.1) is 0 Å². The molecule has 2 aromatic rings. The second kappa shape index (κ2) is 7.27. The predicted octanol–water partition coefficient (Wildman–Crippen LogP) is 1.97. The van der Waals surface area contributed by atoms with Crippen LogP contribution in [0.3, 0.4) is 0 Å². The van der Waals surface area contributed by atoms with Crippen LogP contribution in [0.1, 0.15) is 24.1 Å². The Hall–Kier alpha value is -1.82. The van der Waals surface area contributed by atoms with Crippen LogP contribution >= 0.6 is 0 Å². The van der Waals surface area contributed by atoms with E-state index >= 15 is 0 Å². The molecule has 0 radical (unpaired) electrons. The van der Waals surface area contributed by atoms with Gasteiger partial charge in [0.15, 0.2) is 0 Å². The van der Waals surface area contributed by atoms with Gasteiger partial charge < -0.3 is 15.2 Å². The zero-order valence-electron chi connectivity index (χ0n) is 12.1. The maximum Gasteiger partial charge on any atom is 0.552 e. The number of nitrogens with zero attached hydrogens (tertiary/aromatic N) is 1. The van der Waals surface area contributed by atoms with Crippen LogP contribution in [0.15, 0.2) is 54.6 Å². The Balaban J connectivity index is 2.04. The van der Waals surface area contributed by atoms with Crippen molar-refractivity contribution in [2.45, 2.75) is 19.4 Å². The molecule has 3 N–H and O–H groups in total. The zero-order valence-corrected chi connectivity index (χ0v) is 12.1. The number of hydrogen-bond acceptors (Lipinski definition) is 4. The molecule has 0 fully saturated rings. The lowest BCUT2D eigenvalue weighted by molar-refractivity contribution is 0.232. The molecule has 2 aromatic carbocycles. The number of phenols is 1. The minimum absolute atomic E-state index is 0.0942. The summed E-state index contributed by atoms with van der Waals surface area (Å²) in [5.41, 5.74) is 2.08. The Labute approximate surface area is 125 Å². The predicted molar refractivity (Wildman–Crippen MR) is 83.6 cm³/mol. The van der Waals surface area contributed by atoms with Gasteiger partial charge in [-0.1, -0.05) is 42.5 Å². The minimum atomic E-state index is -1.50. The number of phenolic OH excluding ortho intramolecular Hbond substituents is 1. The summed E-state index contributed by atoms with van der Waals surface area (Å²) >= 11 is 0. The molecule has 110 valence electrons. The molecule has 4 nitrogen and oxygen atoms in total. The molecule has 0 aliphatic carbocycles. The van der Waals surface area contributed by atoms with Crippen molar-refractivity contribution in [2.24, 2.45) is 0 Å². The lowest BCUT2D eigenvalue weighted by Crippen LogP contribution is -2.42. The smallest absolute Gasteiger partial charge is 0.508 e. The Bertz CT molecular complexity index is 545. The Kier molecular flexibility index (Phi) is 5.39. The molecule has 0 amide bonds. The third-order valence-electron chi connectivity index (χ3n) is 3.67. The van der Waals surface area contributed by atoms with E-state index in [1.165, 1.54) is 0 Å². The molecular formula is C16H20BNO3. The van der Waals surface area contributed by atoms with E-state index in [1.807, 2.05) is 49.4 Å². The molecule has 0 aliphatic rings. The van der Waals surface area contributed by atoms with E-state index in [9.17, 15) is 15.2 Å². The van der Waals surface area contributed by atoms with Crippen molar-refractivity contribution in [3.05, 3.63) is 65.7 Å². The minimum Gasteiger partial charge on any atom is -0.508 e. The maximum absolute atomic E-state index is 9.61. The molecular weight excluding hydrogens is 265 g/mol. The third kappa shape index (κ3) is 4.33. The third-order valence-corrected chi connectivity index (χ3v) is 3.67. The fourth-order valence-corrected chi connectivity index (χ4v) is 2.35. The van der Waals surface area contributed by atoms with E-state index in [1.54, 1.807) is 16.9 Å². The van der Waals surface area contributed by atoms with Crippen molar-refractivity contribution in [3.8, 4) is 5.75 Å². The summed E-state index contributed by atoms with van der Waals surface area (Å²) in [6, 6.07) is 16.6. The normalized spacial score (nSPS) is 12.4. The van der Waals surface area contributed by atoms with E-state index in [0.717, 1.165) is 11.1 Å². The van der Waals surface area contributed by atoms with Crippen LogP contribution in [0.2, 0.25) is 0 Å². The summed E-state index contributed by atoms with van der Waals surface area (Å²) in [6.07, 6.45) is 0.676. The van der Waals surface area contributed by atoms with Gasteiger partial charge in [-0.2, -0.15) is 0 Å². The van der Waals surface area contributed by atoms with Gasteiger partial charge in [0.2, 0.25) is 0 Å². The molecule has 0 heterocycles. The number of hydrogen-bond donors (Lipinski definition) is 3. The molecule has 0 unspecified atom stereocenters. The number of benzene rings is 2. The average molecular weight is 285 g/mol. The molecule has 21 heavy (non-hydrogen) atoms. The van der Waals surface area contributed by atoms with Gasteiger partial charge in [-0.05, 0) is 43.1 Å². The van der Waals surface area contributed by atoms with Crippen LogP contribution in [-0.4, -0.2) is 33.8 Å². The molecule has 2 rings (SSSR count). The van der Waals surface area contributed by atoms with Gasteiger partial charge in [-0.25, -0.2) is 0 Å². The van der Waals surface area contributed by atoms with Crippen LogP contribution < -0.4 is 0 Å². The number of aromatic hydroxyl groups is 1. The SMILES string of the molecule is C[C@H](c1ccccc1)N(CCc1ccc(O)cc1)B(O)O.